The van der Waals surface area contributed by atoms with Gasteiger partial charge in [0.1, 0.15) is 4.32 Å². The minimum absolute atomic E-state index is 0.0300. The number of thioether (sulfide) groups is 1. The van der Waals surface area contributed by atoms with Gasteiger partial charge in [0.2, 0.25) is 0 Å². The van der Waals surface area contributed by atoms with Crippen LogP contribution in [0.5, 0.6) is 0 Å². The molecule has 3 heterocycles. The van der Waals surface area contributed by atoms with Crippen molar-refractivity contribution in [1.82, 2.24) is 4.90 Å². The number of nitrogens with zero attached hydrogens (tertiary/aromatic N) is 1. The summed E-state index contributed by atoms with van der Waals surface area (Å²) in [4.78, 5) is 1.91. The molecule has 0 aromatic heterocycles. The van der Waals surface area contributed by atoms with Crippen LogP contribution in [0, 0.1) is 0 Å². The standard InChI is InChI=1S/C10H15NO4S4/c1-10(2-3-18(12,13)6-10)11-7-4-19(14,15)5-8(7)17-9(11)16/h7-8H,2-6H2,1H3/t7-,8-,10-/m0/s1. The first-order valence-electron chi connectivity index (χ1n) is 6.03. The highest BCUT2D eigenvalue weighted by molar-refractivity contribution is 8.24. The van der Waals surface area contributed by atoms with Crippen molar-refractivity contribution in [1.29, 1.82) is 0 Å². The van der Waals surface area contributed by atoms with Crippen LogP contribution in [0.2, 0.25) is 0 Å². The van der Waals surface area contributed by atoms with Crippen LogP contribution in [-0.4, -0.2) is 65.9 Å². The van der Waals surface area contributed by atoms with Crippen LogP contribution in [-0.2, 0) is 19.7 Å². The molecule has 0 radical (unpaired) electrons. The van der Waals surface area contributed by atoms with Gasteiger partial charge in [0.05, 0.1) is 34.6 Å². The number of hydrogen-bond donors (Lipinski definition) is 0. The van der Waals surface area contributed by atoms with E-state index < -0.39 is 25.2 Å². The van der Waals surface area contributed by atoms with Crippen molar-refractivity contribution in [2.45, 2.75) is 30.2 Å². The van der Waals surface area contributed by atoms with Crippen molar-refractivity contribution >= 4 is 48.0 Å². The summed E-state index contributed by atoms with van der Waals surface area (Å²) in [5.41, 5.74) is -0.539. The Balaban J connectivity index is 1.95. The van der Waals surface area contributed by atoms with Crippen LogP contribution < -0.4 is 0 Å². The molecule has 3 rings (SSSR count). The third kappa shape index (κ3) is 2.32. The van der Waals surface area contributed by atoms with E-state index in [1.165, 1.54) is 11.8 Å². The lowest BCUT2D eigenvalue weighted by Crippen LogP contribution is -2.53. The highest BCUT2D eigenvalue weighted by atomic mass is 32.2. The van der Waals surface area contributed by atoms with Gasteiger partial charge < -0.3 is 4.90 Å². The Kier molecular flexibility index (Phi) is 3.03. The normalized spacial score (nSPS) is 43.6. The second-order valence-electron chi connectivity index (χ2n) is 5.78. The van der Waals surface area contributed by atoms with Gasteiger partial charge in [-0.3, -0.25) is 0 Å². The van der Waals surface area contributed by atoms with Crippen LogP contribution in [0.15, 0.2) is 0 Å². The largest absolute Gasteiger partial charge is 0.346 e. The highest BCUT2D eigenvalue weighted by Gasteiger charge is 2.55. The maximum absolute atomic E-state index is 11.7. The summed E-state index contributed by atoms with van der Waals surface area (Å²) in [5.74, 6) is 0.490. The Morgan fingerprint density at radius 1 is 1.26 bits per heavy atom. The molecule has 108 valence electrons. The Hall–Kier alpha value is 0.140. The summed E-state index contributed by atoms with van der Waals surface area (Å²) < 4.78 is 47.6. The fourth-order valence-electron chi connectivity index (χ4n) is 3.28. The molecule has 0 aromatic carbocycles. The maximum Gasteiger partial charge on any atom is 0.153 e. The molecule has 3 saturated heterocycles. The molecule has 9 heteroatoms. The Morgan fingerprint density at radius 3 is 2.53 bits per heavy atom. The van der Waals surface area contributed by atoms with E-state index in [0.29, 0.717) is 10.7 Å². The van der Waals surface area contributed by atoms with E-state index in [4.69, 9.17) is 12.2 Å². The number of rotatable bonds is 1. The van der Waals surface area contributed by atoms with Gasteiger partial charge >= 0.3 is 0 Å². The summed E-state index contributed by atoms with van der Waals surface area (Å²) in [6.45, 7) is 1.89. The maximum atomic E-state index is 11.7. The van der Waals surface area contributed by atoms with E-state index in [0.717, 1.165) is 0 Å². The van der Waals surface area contributed by atoms with Crippen LogP contribution >= 0.6 is 24.0 Å². The fourth-order valence-corrected chi connectivity index (χ4v) is 10.0. The van der Waals surface area contributed by atoms with Crippen LogP contribution in [0.1, 0.15) is 13.3 Å². The van der Waals surface area contributed by atoms with Crippen molar-refractivity contribution in [3.05, 3.63) is 0 Å². The van der Waals surface area contributed by atoms with Crippen molar-refractivity contribution < 1.29 is 16.8 Å². The third-order valence-electron chi connectivity index (χ3n) is 4.12. The van der Waals surface area contributed by atoms with Crippen LogP contribution in [0.3, 0.4) is 0 Å². The zero-order valence-electron chi connectivity index (χ0n) is 10.4. The predicted molar refractivity (Wildman–Crippen MR) is 79.9 cm³/mol. The lowest BCUT2D eigenvalue weighted by molar-refractivity contribution is 0.192. The predicted octanol–water partition coefficient (Wildman–Crippen LogP) is 0.0629. The molecule has 0 aromatic rings. The van der Waals surface area contributed by atoms with Gasteiger partial charge in [-0.15, -0.1) is 0 Å². The molecule has 3 fully saturated rings. The van der Waals surface area contributed by atoms with E-state index in [-0.39, 0.29) is 34.3 Å². The second-order valence-corrected chi connectivity index (χ2v) is 12.0. The number of hydrogen-bond acceptors (Lipinski definition) is 6. The molecular weight excluding hydrogens is 326 g/mol. The third-order valence-corrected chi connectivity index (χ3v) is 9.60. The highest BCUT2D eigenvalue weighted by Crippen LogP contribution is 2.44. The van der Waals surface area contributed by atoms with Gasteiger partial charge in [-0.25, -0.2) is 16.8 Å². The second kappa shape index (κ2) is 4.08. The van der Waals surface area contributed by atoms with Gasteiger partial charge in [0.15, 0.2) is 19.7 Å². The lowest BCUT2D eigenvalue weighted by atomic mass is 9.97. The minimum Gasteiger partial charge on any atom is -0.346 e. The van der Waals surface area contributed by atoms with E-state index in [1.807, 2.05) is 11.8 Å². The molecule has 3 aliphatic heterocycles. The molecule has 3 aliphatic rings. The summed E-state index contributed by atoms with van der Waals surface area (Å²) in [6, 6.07) is -0.152. The van der Waals surface area contributed by atoms with Gasteiger partial charge in [0.25, 0.3) is 0 Å². The molecule has 0 spiro atoms. The van der Waals surface area contributed by atoms with Crippen molar-refractivity contribution in [3.8, 4) is 0 Å². The average molecular weight is 342 g/mol. The zero-order valence-corrected chi connectivity index (χ0v) is 13.7. The minimum atomic E-state index is -3.03. The van der Waals surface area contributed by atoms with E-state index >= 15 is 0 Å². The molecule has 0 saturated carbocycles. The average Bonchev–Trinajstić information content (AvgIpc) is 2.74. The molecule has 3 atom stereocenters. The van der Waals surface area contributed by atoms with Crippen LogP contribution in [0.25, 0.3) is 0 Å². The van der Waals surface area contributed by atoms with Crippen molar-refractivity contribution in [2.75, 3.05) is 23.0 Å². The van der Waals surface area contributed by atoms with Gasteiger partial charge in [-0.2, -0.15) is 0 Å². The monoisotopic (exact) mass is 341 g/mol. The molecule has 19 heavy (non-hydrogen) atoms. The number of thiocarbonyl (C=S) groups is 1. The number of sulfone groups is 2. The van der Waals surface area contributed by atoms with E-state index in [2.05, 4.69) is 0 Å². The molecular formula is C10H15NO4S4. The SMILES string of the molecule is C[C@]1(N2C(=S)S[C@H]3CS(=O)(=O)C[C@@H]32)CCS(=O)(=O)C1. The summed E-state index contributed by atoms with van der Waals surface area (Å²) in [6.07, 6.45) is 0.527. The van der Waals surface area contributed by atoms with Crippen molar-refractivity contribution in [2.24, 2.45) is 0 Å². The Bertz CT molecular complexity index is 628. The summed E-state index contributed by atoms with van der Waals surface area (Å²) in [5, 5.41) is -0.0300. The summed E-state index contributed by atoms with van der Waals surface area (Å²) >= 11 is 6.77. The molecule has 0 aliphatic carbocycles. The molecule has 0 unspecified atom stereocenters. The molecule has 0 amide bonds. The summed E-state index contributed by atoms with van der Waals surface area (Å²) in [7, 11) is -6.05. The quantitative estimate of drug-likeness (QED) is 0.625. The zero-order chi connectivity index (χ0) is 14.1. The van der Waals surface area contributed by atoms with Gasteiger partial charge in [-0.1, -0.05) is 24.0 Å². The first-order chi connectivity index (χ1) is 8.62. The van der Waals surface area contributed by atoms with Gasteiger partial charge in [0, 0.05) is 5.25 Å². The van der Waals surface area contributed by atoms with Crippen molar-refractivity contribution in [3.63, 3.8) is 0 Å². The first kappa shape index (κ1) is 14.1. The topological polar surface area (TPSA) is 71.5 Å². The number of fused-ring (bicyclic) bond motifs is 1. The molecule has 0 bridgehead atoms. The van der Waals surface area contributed by atoms with E-state index in [9.17, 15) is 16.8 Å². The first-order valence-corrected chi connectivity index (χ1v) is 11.0. The van der Waals surface area contributed by atoms with E-state index in [1.54, 1.807) is 0 Å². The lowest BCUT2D eigenvalue weighted by Gasteiger charge is -2.39. The Labute approximate surface area is 122 Å². The molecule has 5 nitrogen and oxygen atoms in total. The Morgan fingerprint density at radius 2 is 1.95 bits per heavy atom. The van der Waals surface area contributed by atoms with Crippen LogP contribution in [0.4, 0.5) is 0 Å². The van der Waals surface area contributed by atoms with Gasteiger partial charge in [-0.05, 0) is 13.3 Å². The molecule has 0 N–H and O–H groups in total. The fraction of sp³-hybridized carbons (Fsp3) is 0.900. The smallest absolute Gasteiger partial charge is 0.153 e.